The van der Waals surface area contributed by atoms with Crippen LogP contribution in [0, 0.1) is 11.8 Å². The Morgan fingerprint density at radius 3 is 2.50 bits per heavy atom. The van der Waals surface area contributed by atoms with E-state index >= 15 is 0 Å². The van der Waals surface area contributed by atoms with E-state index in [-0.39, 0.29) is 29.8 Å². The predicted octanol–water partition coefficient (Wildman–Crippen LogP) is 1.85. The third-order valence-corrected chi connectivity index (χ3v) is 3.84. The second-order valence-electron chi connectivity index (χ2n) is 7.19. The zero-order valence-corrected chi connectivity index (χ0v) is 15.1. The van der Waals surface area contributed by atoms with Crippen LogP contribution in [0.2, 0.25) is 0 Å². The smallest absolute Gasteiger partial charge is 0.222 e. The fourth-order valence-corrected chi connectivity index (χ4v) is 2.69. The highest BCUT2D eigenvalue weighted by Gasteiger charge is 2.22. The molecule has 0 aromatic carbocycles. The monoisotopic (exact) mass is 333 g/mol. The molecule has 0 saturated carbocycles. The maximum absolute atomic E-state index is 11.9. The molecule has 1 rings (SSSR count). The molecule has 0 bridgehead atoms. The molecule has 0 aromatic rings. The van der Waals surface area contributed by atoms with Gasteiger partial charge in [-0.3, -0.25) is 9.59 Å². The molecule has 2 amide bonds. The number of piperidine rings is 1. The van der Waals surface area contributed by atoms with E-state index in [0.29, 0.717) is 31.2 Å². The van der Waals surface area contributed by atoms with E-state index in [1.165, 1.54) is 12.8 Å². The fraction of sp³-hybridized carbons (Fsp3) is 0.875. The number of carbonyl (C=O) groups excluding carboxylic acids is 2. The van der Waals surface area contributed by atoms with Crippen molar-refractivity contribution in [2.24, 2.45) is 11.8 Å². The predicted molar refractivity (Wildman–Crippen MR) is 92.1 cm³/mol. The highest BCUT2D eigenvalue weighted by Crippen LogP contribution is 2.22. The Morgan fingerprint density at radius 2 is 1.95 bits per heavy atom. The van der Waals surface area contributed by atoms with Gasteiger partial charge in [0.25, 0.3) is 0 Å². The Labute approximate surface area is 140 Å². The number of nitrogens with one attached hydrogen (secondary N) is 3. The van der Waals surface area contributed by atoms with Crippen LogP contribution in [0.3, 0.4) is 0 Å². The van der Waals surface area contributed by atoms with Gasteiger partial charge >= 0.3 is 0 Å². The Bertz CT molecular complexity index is 350. The Balaban J connectivity index is 0.00000441. The molecule has 1 fully saturated rings. The molecular weight excluding hydrogens is 302 g/mol. The molecule has 6 heteroatoms. The summed E-state index contributed by atoms with van der Waals surface area (Å²) in [6.45, 7) is 10.5. The van der Waals surface area contributed by atoms with Crippen molar-refractivity contribution in [3.63, 3.8) is 0 Å². The maximum Gasteiger partial charge on any atom is 0.222 e. The number of carbonyl (C=O) groups is 2. The molecule has 1 saturated heterocycles. The second-order valence-corrected chi connectivity index (χ2v) is 7.19. The fourth-order valence-electron chi connectivity index (χ4n) is 2.69. The summed E-state index contributed by atoms with van der Waals surface area (Å²) in [6.07, 6.45) is 3.29. The zero-order valence-electron chi connectivity index (χ0n) is 14.3. The normalized spacial score (nSPS) is 19.7. The summed E-state index contributed by atoms with van der Waals surface area (Å²) >= 11 is 0. The van der Waals surface area contributed by atoms with Crippen molar-refractivity contribution < 1.29 is 9.59 Å². The molecule has 130 valence electrons. The van der Waals surface area contributed by atoms with Gasteiger partial charge in [-0.05, 0) is 58.5 Å². The molecule has 0 aromatic heterocycles. The van der Waals surface area contributed by atoms with E-state index in [1.807, 2.05) is 20.8 Å². The molecule has 0 aliphatic carbocycles. The Hall–Kier alpha value is -0.810. The first-order chi connectivity index (χ1) is 9.78. The van der Waals surface area contributed by atoms with Gasteiger partial charge in [-0.25, -0.2) is 0 Å². The van der Waals surface area contributed by atoms with E-state index in [4.69, 9.17) is 0 Å². The minimum absolute atomic E-state index is 0. The largest absolute Gasteiger partial charge is 0.356 e. The number of hydrogen-bond acceptors (Lipinski definition) is 3. The minimum atomic E-state index is -0.219. The van der Waals surface area contributed by atoms with Crippen LogP contribution in [0.5, 0.6) is 0 Å². The van der Waals surface area contributed by atoms with Gasteiger partial charge in [0.05, 0.1) is 0 Å². The lowest BCUT2D eigenvalue weighted by molar-refractivity contribution is -0.123. The number of hydrogen-bond donors (Lipinski definition) is 3. The van der Waals surface area contributed by atoms with Crippen LogP contribution in [0.1, 0.15) is 53.4 Å². The average molecular weight is 334 g/mol. The third-order valence-electron chi connectivity index (χ3n) is 3.84. The molecule has 3 N–H and O–H groups in total. The molecule has 0 spiro atoms. The van der Waals surface area contributed by atoms with Crippen LogP contribution in [0.4, 0.5) is 0 Å². The summed E-state index contributed by atoms with van der Waals surface area (Å²) < 4.78 is 0. The van der Waals surface area contributed by atoms with E-state index in [2.05, 4.69) is 22.9 Å². The summed E-state index contributed by atoms with van der Waals surface area (Å²) in [7, 11) is 0. The molecule has 2 unspecified atom stereocenters. The molecule has 0 radical (unpaired) electrons. The van der Waals surface area contributed by atoms with Crippen molar-refractivity contribution in [3.8, 4) is 0 Å². The van der Waals surface area contributed by atoms with E-state index in [9.17, 15) is 9.59 Å². The molecule has 1 aliphatic heterocycles. The number of rotatable bonds is 6. The van der Waals surface area contributed by atoms with Crippen LogP contribution in [0.15, 0.2) is 0 Å². The van der Waals surface area contributed by atoms with Crippen molar-refractivity contribution in [2.75, 3.05) is 19.6 Å². The molecule has 1 heterocycles. The van der Waals surface area contributed by atoms with Crippen LogP contribution < -0.4 is 16.0 Å². The first-order valence-electron chi connectivity index (χ1n) is 8.06. The number of halogens is 1. The van der Waals surface area contributed by atoms with E-state index in [1.54, 1.807) is 0 Å². The van der Waals surface area contributed by atoms with Crippen LogP contribution in [0.25, 0.3) is 0 Å². The zero-order chi connectivity index (χ0) is 15.9. The Morgan fingerprint density at radius 1 is 1.27 bits per heavy atom. The van der Waals surface area contributed by atoms with Gasteiger partial charge in [-0.15, -0.1) is 12.4 Å². The van der Waals surface area contributed by atoms with Gasteiger partial charge in [0.2, 0.25) is 11.8 Å². The van der Waals surface area contributed by atoms with Gasteiger partial charge in [-0.2, -0.15) is 0 Å². The Kier molecular flexibility index (Phi) is 9.69. The minimum Gasteiger partial charge on any atom is -0.356 e. The lowest BCUT2D eigenvalue weighted by Crippen LogP contribution is -2.42. The van der Waals surface area contributed by atoms with Crippen molar-refractivity contribution >= 4 is 24.2 Å². The first-order valence-corrected chi connectivity index (χ1v) is 8.06. The van der Waals surface area contributed by atoms with E-state index < -0.39 is 0 Å². The average Bonchev–Trinajstić information content (AvgIpc) is 2.37. The summed E-state index contributed by atoms with van der Waals surface area (Å²) in [5, 5.41) is 9.12. The maximum atomic E-state index is 11.9. The third kappa shape index (κ3) is 9.26. The van der Waals surface area contributed by atoms with Crippen molar-refractivity contribution in [2.45, 2.75) is 58.9 Å². The lowest BCUT2D eigenvalue weighted by atomic mass is 9.85. The van der Waals surface area contributed by atoms with Crippen LogP contribution >= 0.6 is 12.4 Å². The molecule has 2 atom stereocenters. The summed E-state index contributed by atoms with van der Waals surface area (Å²) in [5.74, 6) is 1.01. The SMILES string of the molecule is CC(CC(=O)NCCC(=O)NC(C)(C)C)C1CCCNC1.Cl. The highest BCUT2D eigenvalue weighted by molar-refractivity contribution is 5.85. The van der Waals surface area contributed by atoms with Crippen molar-refractivity contribution in [3.05, 3.63) is 0 Å². The van der Waals surface area contributed by atoms with Gasteiger partial charge in [0.15, 0.2) is 0 Å². The molecule has 1 aliphatic rings. The van der Waals surface area contributed by atoms with Gasteiger partial charge in [-0.1, -0.05) is 6.92 Å². The molecule has 5 nitrogen and oxygen atoms in total. The standard InChI is InChI=1S/C16H31N3O2.ClH/c1-12(13-6-5-8-17-11-13)10-15(21)18-9-7-14(20)19-16(2,3)4;/h12-13,17H,5-11H2,1-4H3,(H,18,21)(H,19,20);1H. The summed E-state index contributed by atoms with van der Waals surface area (Å²) in [6, 6.07) is 0. The second kappa shape index (κ2) is 10.1. The quantitative estimate of drug-likeness (QED) is 0.695. The first kappa shape index (κ1) is 21.2. The van der Waals surface area contributed by atoms with Gasteiger partial charge < -0.3 is 16.0 Å². The topological polar surface area (TPSA) is 70.2 Å². The van der Waals surface area contributed by atoms with Crippen molar-refractivity contribution in [1.29, 1.82) is 0 Å². The highest BCUT2D eigenvalue weighted by atomic mass is 35.5. The molecular formula is C16H32ClN3O2. The summed E-state index contributed by atoms with van der Waals surface area (Å²) in [5.41, 5.74) is -0.219. The lowest BCUT2D eigenvalue weighted by Gasteiger charge is -2.28. The van der Waals surface area contributed by atoms with Gasteiger partial charge in [0.1, 0.15) is 0 Å². The number of amides is 2. The van der Waals surface area contributed by atoms with E-state index in [0.717, 1.165) is 13.1 Å². The van der Waals surface area contributed by atoms with Gasteiger partial charge in [0, 0.05) is 24.9 Å². The molecule has 22 heavy (non-hydrogen) atoms. The summed E-state index contributed by atoms with van der Waals surface area (Å²) in [4.78, 5) is 23.5. The van der Waals surface area contributed by atoms with Crippen molar-refractivity contribution in [1.82, 2.24) is 16.0 Å². The van der Waals surface area contributed by atoms with Crippen LogP contribution in [-0.4, -0.2) is 37.0 Å². The van der Waals surface area contributed by atoms with Crippen LogP contribution in [-0.2, 0) is 9.59 Å².